The lowest BCUT2D eigenvalue weighted by Crippen LogP contribution is -2.41. The summed E-state index contributed by atoms with van der Waals surface area (Å²) < 4.78 is 51.5. The third-order valence-electron chi connectivity index (χ3n) is 7.74. The van der Waals surface area contributed by atoms with Gasteiger partial charge in [-0.2, -0.15) is 13.2 Å². The number of halogens is 4. The van der Waals surface area contributed by atoms with E-state index >= 15 is 0 Å². The molecule has 3 aliphatic rings. The van der Waals surface area contributed by atoms with E-state index in [0.29, 0.717) is 65.9 Å². The van der Waals surface area contributed by atoms with Gasteiger partial charge in [-0.25, -0.2) is 0 Å². The normalized spacial score (nSPS) is 17.4. The van der Waals surface area contributed by atoms with Crippen molar-refractivity contribution in [3.63, 3.8) is 0 Å². The van der Waals surface area contributed by atoms with Crippen LogP contribution in [0.4, 0.5) is 18.9 Å². The molecular weight excluding hydrogens is 653 g/mol. The number of carboxylic acids is 1. The lowest BCUT2D eigenvalue weighted by Gasteiger charge is -2.43. The third kappa shape index (κ3) is 5.82. The Labute approximate surface area is 257 Å². The first-order valence-corrected chi connectivity index (χ1v) is 14.6. The smallest absolute Gasteiger partial charge is 0.416 e. The highest BCUT2D eigenvalue weighted by Crippen LogP contribution is 2.52. The van der Waals surface area contributed by atoms with Crippen LogP contribution in [0.5, 0.6) is 17.2 Å². The minimum atomic E-state index is -4.81. The van der Waals surface area contributed by atoms with Crippen LogP contribution >= 0.6 is 15.9 Å². The van der Waals surface area contributed by atoms with E-state index in [-0.39, 0.29) is 47.0 Å². The molecule has 0 bridgehead atoms. The maximum Gasteiger partial charge on any atom is 0.416 e. The number of aliphatic carboxylic acids is 1. The van der Waals surface area contributed by atoms with Crippen LogP contribution in [0.2, 0.25) is 0 Å². The zero-order valence-electron chi connectivity index (χ0n) is 23.3. The van der Waals surface area contributed by atoms with Gasteiger partial charge in [-0.1, -0.05) is 0 Å². The number of rotatable bonds is 8. The van der Waals surface area contributed by atoms with Gasteiger partial charge in [0.1, 0.15) is 6.54 Å². The highest BCUT2D eigenvalue weighted by atomic mass is 79.9. The Hall–Kier alpha value is -4.20. The second-order valence-electron chi connectivity index (χ2n) is 10.5. The number of hydrogen-bond acceptors (Lipinski definition) is 8. The monoisotopic (exact) mass is 678 g/mol. The topological polar surface area (TPSA) is 136 Å². The van der Waals surface area contributed by atoms with E-state index in [4.69, 9.17) is 9.47 Å². The molecule has 44 heavy (non-hydrogen) atoms. The molecule has 0 unspecified atom stereocenters. The number of alkyl halides is 3. The van der Waals surface area contributed by atoms with Crippen LogP contribution in [0.3, 0.4) is 0 Å². The average Bonchev–Trinajstić information content (AvgIpc) is 2.94. The molecule has 0 saturated heterocycles. The van der Waals surface area contributed by atoms with Crippen molar-refractivity contribution in [1.29, 1.82) is 0 Å². The molecule has 14 heteroatoms. The van der Waals surface area contributed by atoms with Gasteiger partial charge in [0.05, 0.1) is 21.6 Å². The second kappa shape index (κ2) is 12.1. The fraction of sp³-hybridized carbons (Fsp3) is 0.367. The summed E-state index contributed by atoms with van der Waals surface area (Å²) in [5.41, 5.74) is 0.159. The molecule has 2 aliphatic carbocycles. The third-order valence-corrected chi connectivity index (χ3v) is 8.33. The molecule has 0 amide bonds. The Kier molecular flexibility index (Phi) is 8.56. The van der Waals surface area contributed by atoms with Crippen molar-refractivity contribution in [3.05, 3.63) is 78.6 Å². The first kappa shape index (κ1) is 31.2. The van der Waals surface area contributed by atoms with Crippen molar-refractivity contribution >= 4 is 39.2 Å². The predicted octanol–water partition coefficient (Wildman–Crippen LogP) is 7.07. The molecule has 2 aromatic carbocycles. The van der Waals surface area contributed by atoms with Gasteiger partial charge in [0, 0.05) is 47.4 Å². The second-order valence-corrected chi connectivity index (χ2v) is 11.3. The highest BCUT2D eigenvalue weighted by Gasteiger charge is 2.44. The Morgan fingerprint density at radius 3 is 2.18 bits per heavy atom. The molecular formula is C30H26BrF3N2O8. The molecule has 0 atom stereocenters. The SMILES string of the molecule is CCOc1cc(C2C3=C(CCCC3=O)N(CC(=O)O)C3=C2C(=O)CCC3)cc(Br)c1Oc1ccc(C(F)(F)F)cc1[N+](=O)[O-]. The van der Waals surface area contributed by atoms with Gasteiger partial charge in [0.15, 0.2) is 23.1 Å². The van der Waals surface area contributed by atoms with Crippen LogP contribution in [0.1, 0.15) is 62.5 Å². The summed E-state index contributed by atoms with van der Waals surface area (Å²) in [7, 11) is 0. The maximum atomic E-state index is 13.5. The number of hydrogen-bond donors (Lipinski definition) is 1. The number of carboxylic acid groups (broad SMARTS) is 1. The van der Waals surface area contributed by atoms with E-state index in [0.717, 1.165) is 6.07 Å². The summed E-state index contributed by atoms with van der Waals surface area (Å²) >= 11 is 3.41. The van der Waals surface area contributed by atoms with Crippen LogP contribution < -0.4 is 9.47 Å². The number of ketones is 2. The molecule has 2 aromatic rings. The van der Waals surface area contributed by atoms with Crippen molar-refractivity contribution in [3.8, 4) is 17.2 Å². The number of allylic oxidation sites excluding steroid dienone is 4. The first-order chi connectivity index (χ1) is 20.8. The molecule has 10 nitrogen and oxygen atoms in total. The van der Waals surface area contributed by atoms with Crippen molar-refractivity contribution in [2.75, 3.05) is 13.2 Å². The number of nitrogens with zero attached hydrogens (tertiary/aromatic N) is 2. The molecule has 0 radical (unpaired) electrons. The van der Waals surface area contributed by atoms with Crippen LogP contribution in [0.25, 0.3) is 0 Å². The molecule has 0 aromatic heterocycles. The summed E-state index contributed by atoms with van der Waals surface area (Å²) in [6.07, 6.45) is -2.39. The van der Waals surface area contributed by atoms with E-state index in [1.807, 2.05) is 0 Å². The van der Waals surface area contributed by atoms with Crippen LogP contribution in [-0.2, 0) is 20.6 Å². The van der Waals surface area contributed by atoms with Crippen molar-refractivity contribution in [2.24, 2.45) is 0 Å². The summed E-state index contributed by atoms with van der Waals surface area (Å²) in [5.74, 6) is -2.78. The molecule has 1 aliphatic heterocycles. The molecule has 0 saturated carbocycles. The Morgan fingerprint density at radius 1 is 1.05 bits per heavy atom. The number of nitro benzene ring substituents is 1. The van der Waals surface area contributed by atoms with Gasteiger partial charge < -0.3 is 19.5 Å². The van der Waals surface area contributed by atoms with Crippen molar-refractivity contribution in [1.82, 2.24) is 4.90 Å². The molecule has 5 rings (SSSR count). The lowest BCUT2D eigenvalue weighted by atomic mass is 9.71. The number of carbonyl (C=O) groups excluding carboxylic acids is 2. The number of nitro groups is 1. The van der Waals surface area contributed by atoms with Gasteiger partial charge in [-0.15, -0.1) is 0 Å². The Morgan fingerprint density at radius 2 is 1.66 bits per heavy atom. The van der Waals surface area contributed by atoms with Crippen molar-refractivity contribution in [2.45, 2.75) is 57.5 Å². The largest absolute Gasteiger partial charge is 0.490 e. The van der Waals surface area contributed by atoms with Crippen molar-refractivity contribution < 1.29 is 47.1 Å². The summed E-state index contributed by atoms with van der Waals surface area (Å²) in [5, 5.41) is 21.3. The quantitative estimate of drug-likeness (QED) is 0.230. The molecule has 0 spiro atoms. The Bertz CT molecular complexity index is 1610. The summed E-state index contributed by atoms with van der Waals surface area (Å²) in [6, 6.07) is 5.01. The Balaban J connectivity index is 1.66. The van der Waals surface area contributed by atoms with E-state index in [1.165, 1.54) is 6.07 Å². The van der Waals surface area contributed by atoms with E-state index in [9.17, 15) is 42.8 Å². The van der Waals surface area contributed by atoms with Crippen LogP contribution in [0.15, 0.2) is 57.3 Å². The predicted molar refractivity (Wildman–Crippen MR) is 152 cm³/mol. The van der Waals surface area contributed by atoms with Gasteiger partial charge >= 0.3 is 17.8 Å². The average molecular weight is 679 g/mol. The summed E-state index contributed by atoms with van der Waals surface area (Å²) in [6.45, 7) is 1.39. The first-order valence-electron chi connectivity index (χ1n) is 13.8. The highest BCUT2D eigenvalue weighted by molar-refractivity contribution is 9.10. The zero-order chi connectivity index (χ0) is 31.9. The lowest BCUT2D eigenvalue weighted by molar-refractivity contribution is -0.385. The summed E-state index contributed by atoms with van der Waals surface area (Å²) in [4.78, 5) is 51.0. The number of ether oxygens (including phenoxy) is 2. The maximum absolute atomic E-state index is 13.5. The molecule has 1 heterocycles. The van der Waals surface area contributed by atoms with Gasteiger partial charge in [0.2, 0.25) is 5.75 Å². The minimum absolute atomic E-state index is 0.0601. The van der Waals surface area contributed by atoms with E-state index < -0.39 is 46.5 Å². The number of benzene rings is 2. The van der Waals surface area contributed by atoms with Crippen LogP contribution in [0, 0.1) is 10.1 Å². The number of Topliss-reactive ketones (excluding diaryl/α,β-unsaturated/α-hetero) is 2. The van der Waals surface area contributed by atoms with E-state index in [1.54, 1.807) is 17.9 Å². The standard InChI is InChI=1S/C30H26BrF3N2O8/c1-2-43-24-12-15(11-17(31)29(24)44-23-10-9-16(30(32,33)34)13-20(23)36(41)42)26-27-18(5-3-7-21(27)37)35(14-25(39)40)19-6-4-8-22(38)28(19)26/h9-13,26H,2-8,14H2,1H3,(H,39,40). The fourth-order valence-electron chi connectivity index (χ4n) is 6.03. The minimum Gasteiger partial charge on any atom is -0.490 e. The van der Waals surface area contributed by atoms with Gasteiger partial charge in [-0.3, -0.25) is 24.5 Å². The molecule has 0 fully saturated rings. The van der Waals surface area contributed by atoms with E-state index in [2.05, 4.69) is 15.9 Å². The molecule has 232 valence electrons. The van der Waals surface area contributed by atoms with Crippen LogP contribution in [-0.4, -0.2) is 45.6 Å². The number of carbonyl (C=O) groups is 3. The van der Waals surface area contributed by atoms with Gasteiger partial charge in [-0.05, 0) is 78.4 Å². The van der Waals surface area contributed by atoms with Gasteiger partial charge in [0.25, 0.3) is 0 Å². The fourth-order valence-corrected chi connectivity index (χ4v) is 6.57. The molecule has 1 N–H and O–H groups in total. The zero-order valence-corrected chi connectivity index (χ0v) is 24.9.